The summed E-state index contributed by atoms with van der Waals surface area (Å²) < 4.78 is 5.52. The van der Waals surface area contributed by atoms with Gasteiger partial charge in [0.15, 0.2) is 0 Å². The Kier molecular flexibility index (Phi) is 4.11. The third-order valence-electron chi connectivity index (χ3n) is 4.52. The minimum Gasteiger partial charge on any atom is -0.480 e. The van der Waals surface area contributed by atoms with Crippen LogP contribution in [0.5, 0.6) is 0 Å². The molecule has 1 unspecified atom stereocenters. The standard InChI is InChI=1S/C18H21NO4/c1-10-5-14-13(9-23-16(14)6-11(10)2)8-17(20)19-15(18(21)22)7-12-3-4-12/h5-6,9,12,15H,3-4,7-8H2,1-2H3,(H,19,20)(H,21,22). The average Bonchev–Trinajstić information content (AvgIpc) is 3.23. The van der Waals surface area contributed by atoms with Gasteiger partial charge in [0.25, 0.3) is 0 Å². The molecule has 1 heterocycles. The quantitative estimate of drug-likeness (QED) is 0.859. The fraction of sp³-hybridized carbons (Fsp3) is 0.444. The zero-order chi connectivity index (χ0) is 16.6. The van der Waals surface area contributed by atoms with Crippen molar-refractivity contribution in [2.24, 2.45) is 5.92 Å². The second kappa shape index (κ2) is 6.07. The maximum absolute atomic E-state index is 12.2. The van der Waals surface area contributed by atoms with Crippen molar-refractivity contribution in [3.05, 3.63) is 35.1 Å². The van der Waals surface area contributed by atoms with Gasteiger partial charge in [-0.15, -0.1) is 0 Å². The number of nitrogens with one attached hydrogen (secondary N) is 1. The number of rotatable bonds is 6. The molecule has 2 N–H and O–H groups in total. The van der Waals surface area contributed by atoms with E-state index in [9.17, 15) is 14.7 Å². The molecule has 1 saturated carbocycles. The van der Waals surface area contributed by atoms with E-state index in [-0.39, 0.29) is 12.3 Å². The van der Waals surface area contributed by atoms with Crippen LogP contribution in [0.15, 0.2) is 22.8 Å². The van der Waals surface area contributed by atoms with E-state index < -0.39 is 12.0 Å². The Morgan fingerprint density at radius 1 is 1.30 bits per heavy atom. The SMILES string of the molecule is Cc1cc2occ(CC(=O)NC(CC3CC3)C(=O)O)c2cc1C. The van der Waals surface area contributed by atoms with E-state index in [1.54, 1.807) is 6.26 Å². The number of aryl methyl sites for hydroxylation is 2. The molecule has 0 radical (unpaired) electrons. The van der Waals surface area contributed by atoms with E-state index in [0.717, 1.165) is 40.5 Å². The number of fused-ring (bicyclic) bond motifs is 1. The van der Waals surface area contributed by atoms with E-state index in [2.05, 4.69) is 5.32 Å². The largest absolute Gasteiger partial charge is 0.480 e. The summed E-state index contributed by atoms with van der Waals surface area (Å²) in [6, 6.07) is 3.17. The molecule has 23 heavy (non-hydrogen) atoms. The van der Waals surface area contributed by atoms with Crippen LogP contribution in [0.25, 0.3) is 11.0 Å². The maximum atomic E-state index is 12.2. The fourth-order valence-corrected chi connectivity index (χ4v) is 2.80. The average molecular weight is 315 g/mol. The van der Waals surface area contributed by atoms with E-state index >= 15 is 0 Å². The van der Waals surface area contributed by atoms with Crippen molar-refractivity contribution in [3.63, 3.8) is 0 Å². The highest BCUT2D eigenvalue weighted by molar-refractivity contribution is 5.90. The second-order valence-electron chi connectivity index (χ2n) is 6.51. The van der Waals surface area contributed by atoms with E-state index in [0.29, 0.717) is 12.3 Å². The second-order valence-corrected chi connectivity index (χ2v) is 6.51. The molecule has 1 aromatic carbocycles. The van der Waals surface area contributed by atoms with E-state index in [1.165, 1.54) is 0 Å². The van der Waals surface area contributed by atoms with Gasteiger partial charge in [-0.1, -0.05) is 12.8 Å². The van der Waals surface area contributed by atoms with Crippen molar-refractivity contribution in [3.8, 4) is 0 Å². The number of carbonyl (C=O) groups is 2. The fourth-order valence-electron chi connectivity index (χ4n) is 2.80. The van der Waals surface area contributed by atoms with Crippen LogP contribution in [0.4, 0.5) is 0 Å². The lowest BCUT2D eigenvalue weighted by Gasteiger charge is -2.13. The summed E-state index contributed by atoms with van der Waals surface area (Å²) in [4.78, 5) is 23.5. The van der Waals surface area contributed by atoms with Gasteiger partial charge in [-0.25, -0.2) is 4.79 Å². The predicted octanol–water partition coefficient (Wildman–Crippen LogP) is 2.96. The van der Waals surface area contributed by atoms with Crippen LogP contribution in [0.3, 0.4) is 0 Å². The Morgan fingerprint density at radius 2 is 2.00 bits per heavy atom. The van der Waals surface area contributed by atoms with Crippen molar-refractivity contribution < 1.29 is 19.1 Å². The van der Waals surface area contributed by atoms with Gasteiger partial charge in [0.1, 0.15) is 11.6 Å². The first-order valence-electron chi connectivity index (χ1n) is 7.93. The highest BCUT2D eigenvalue weighted by atomic mass is 16.4. The Bertz CT molecular complexity index is 758. The number of amides is 1. The molecule has 1 aliphatic carbocycles. The van der Waals surface area contributed by atoms with Gasteiger partial charge in [0, 0.05) is 10.9 Å². The molecular formula is C18H21NO4. The number of aliphatic carboxylic acids is 1. The van der Waals surface area contributed by atoms with Gasteiger partial charge in [-0.3, -0.25) is 4.79 Å². The Morgan fingerprint density at radius 3 is 2.65 bits per heavy atom. The molecule has 1 fully saturated rings. The molecule has 5 heteroatoms. The first-order valence-corrected chi connectivity index (χ1v) is 7.93. The molecule has 5 nitrogen and oxygen atoms in total. The summed E-state index contributed by atoms with van der Waals surface area (Å²) >= 11 is 0. The van der Waals surface area contributed by atoms with Crippen molar-refractivity contribution in [2.45, 2.75) is 45.6 Å². The summed E-state index contributed by atoms with van der Waals surface area (Å²) in [5.74, 6) is -0.801. The van der Waals surface area contributed by atoms with Gasteiger partial charge >= 0.3 is 5.97 Å². The van der Waals surface area contributed by atoms with E-state index in [4.69, 9.17) is 4.42 Å². The van der Waals surface area contributed by atoms with Gasteiger partial charge in [0.05, 0.1) is 12.7 Å². The van der Waals surface area contributed by atoms with Crippen LogP contribution in [-0.4, -0.2) is 23.0 Å². The van der Waals surface area contributed by atoms with Crippen LogP contribution in [0.2, 0.25) is 0 Å². The van der Waals surface area contributed by atoms with Crippen LogP contribution < -0.4 is 5.32 Å². The summed E-state index contributed by atoms with van der Waals surface area (Å²) in [5.41, 5.74) is 3.82. The lowest BCUT2D eigenvalue weighted by molar-refractivity contribution is -0.142. The maximum Gasteiger partial charge on any atom is 0.326 e. The molecule has 122 valence electrons. The van der Waals surface area contributed by atoms with Crippen molar-refractivity contribution in [1.82, 2.24) is 5.32 Å². The lowest BCUT2D eigenvalue weighted by Crippen LogP contribution is -2.41. The van der Waals surface area contributed by atoms with Crippen LogP contribution in [0, 0.1) is 19.8 Å². The number of hydrogen-bond donors (Lipinski definition) is 2. The Labute approximate surface area is 134 Å². The third-order valence-corrected chi connectivity index (χ3v) is 4.52. The molecule has 0 aliphatic heterocycles. The molecule has 3 rings (SSSR count). The highest BCUT2D eigenvalue weighted by Crippen LogP contribution is 2.33. The molecular weight excluding hydrogens is 294 g/mol. The number of hydrogen-bond acceptors (Lipinski definition) is 3. The number of carboxylic acid groups (broad SMARTS) is 1. The van der Waals surface area contributed by atoms with Crippen LogP contribution in [-0.2, 0) is 16.0 Å². The van der Waals surface area contributed by atoms with Gasteiger partial charge in [-0.05, 0) is 49.4 Å². The molecule has 1 aromatic heterocycles. The monoisotopic (exact) mass is 315 g/mol. The minimum absolute atomic E-state index is 0.129. The molecule has 2 aromatic rings. The molecule has 0 saturated heterocycles. The third kappa shape index (κ3) is 3.55. The van der Waals surface area contributed by atoms with E-state index in [1.807, 2.05) is 26.0 Å². The normalized spacial score (nSPS) is 15.6. The zero-order valence-electron chi connectivity index (χ0n) is 13.4. The van der Waals surface area contributed by atoms with Crippen molar-refractivity contribution in [1.29, 1.82) is 0 Å². The van der Waals surface area contributed by atoms with Crippen LogP contribution >= 0.6 is 0 Å². The molecule has 0 spiro atoms. The van der Waals surface area contributed by atoms with Crippen molar-refractivity contribution >= 4 is 22.8 Å². The Hall–Kier alpha value is -2.30. The van der Waals surface area contributed by atoms with Crippen LogP contribution in [0.1, 0.15) is 36.0 Å². The highest BCUT2D eigenvalue weighted by Gasteiger charge is 2.30. The summed E-state index contributed by atoms with van der Waals surface area (Å²) in [5, 5.41) is 12.8. The zero-order valence-corrected chi connectivity index (χ0v) is 13.4. The molecule has 1 aliphatic rings. The summed E-state index contributed by atoms with van der Waals surface area (Å²) in [6.45, 7) is 4.03. The summed E-state index contributed by atoms with van der Waals surface area (Å²) in [6.07, 6.45) is 4.35. The minimum atomic E-state index is -0.964. The lowest BCUT2D eigenvalue weighted by atomic mass is 10.0. The van der Waals surface area contributed by atoms with Gasteiger partial charge in [-0.2, -0.15) is 0 Å². The first-order chi connectivity index (χ1) is 10.9. The van der Waals surface area contributed by atoms with Crippen molar-refractivity contribution in [2.75, 3.05) is 0 Å². The number of carbonyl (C=O) groups excluding carboxylic acids is 1. The molecule has 1 amide bonds. The molecule has 0 bridgehead atoms. The topological polar surface area (TPSA) is 79.5 Å². The number of carboxylic acids is 1. The Balaban J connectivity index is 1.71. The number of benzene rings is 1. The summed E-state index contributed by atoms with van der Waals surface area (Å²) in [7, 11) is 0. The smallest absolute Gasteiger partial charge is 0.326 e. The predicted molar refractivity (Wildman–Crippen MR) is 86.3 cm³/mol. The first kappa shape index (κ1) is 15.6. The van der Waals surface area contributed by atoms with Gasteiger partial charge < -0.3 is 14.8 Å². The van der Waals surface area contributed by atoms with Gasteiger partial charge in [0.2, 0.25) is 5.91 Å². The number of furan rings is 1. The molecule has 1 atom stereocenters.